The molecule has 0 aliphatic heterocycles. The molecule has 9 nitrogen and oxygen atoms in total. The molecule has 0 aliphatic carbocycles. The summed E-state index contributed by atoms with van der Waals surface area (Å²) in [6, 6.07) is 0. The van der Waals surface area contributed by atoms with Crippen LogP contribution in [0.5, 0.6) is 0 Å². The number of nitrogens with one attached hydrogen (secondary N) is 1. The third-order valence-corrected chi connectivity index (χ3v) is 3.37. The standard InChI is InChI=1S/C10H13N7O2S/c1-6-14-7(4-20-6)3-16(2)10-8(17(18)19)9(15-11)12-5-13-10/h4-5H,3,11H2,1-2H3,(H,12,13,15). The summed E-state index contributed by atoms with van der Waals surface area (Å²) in [5, 5.41) is 14.0. The van der Waals surface area contributed by atoms with Gasteiger partial charge >= 0.3 is 5.69 Å². The smallest absolute Gasteiger partial charge is 0.348 e. The first-order chi connectivity index (χ1) is 9.52. The van der Waals surface area contributed by atoms with Crippen LogP contribution in [-0.2, 0) is 6.54 Å². The van der Waals surface area contributed by atoms with Gasteiger partial charge in [0, 0.05) is 12.4 Å². The highest BCUT2D eigenvalue weighted by atomic mass is 32.1. The number of nitro groups is 1. The molecule has 2 aromatic rings. The summed E-state index contributed by atoms with van der Waals surface area (Å²) in [5.41, 5.74) is 2.77. The molecule has 0 spiro atoms. The summed E-state index contributed by atoms with van der Waals surface area (Å²) in [4.78, 5) is 24.2. The Bertz CT molecular complexity index is 630. The molecular weight excluding hydrogens is 282 g/mol. The minimum atomic E-state index is -0.562. The van der Waals surface area contributed by atoms with Crippen LogP contribution >= 0.6 is 11.3 Å². The number of anilines is 2. The fraction of sp³-hybridized carbons (Fsp3) is 0.300. The monoisotopic (exact) mass is 295 g/mol. The van der Waals surface area contributed by atoms with Crippen molar-refractivity contribution in [1.82, 2.24) is 15.0 Å². The highest BCUT2D eigenvalue weighted by Gasteiger charge is 2.25. The number of hydrogen-bond donors (Lipinski definition) is 2. The zero-order valence-corrected chi connectivity index (χ0v) is 11.7. The molecule has 0 bridgehead atoms. The summed E-state index contributed by atoms with van der Waals surface area (Å²) in [5.74, 6) is 5.40. The molecule has 2 aromatic heterocycles. The van der Waals surface area contributed by atoms with Crippen molar-refractivity contribution in [2.24, 2.45) is 5.84 Å². The van der Waals surface area contributed by atoms with E-state index in [-0.39, 0.29) is 17.3 Å². The maximum Gasteiger partial charge on any atom is 0.354 e. The van der Waals surface area contributed by atoms with Gasteiger partial charge in [0.25, 0.3) is 0 Å². The number of thiazole rings is 1. The van der Waals surface area contributed by atoms with Gasteiger partial charge in [-0.2, -0.15) is 0 Å². The van der Waals surface area contributed by atoms with E-state index in [1.165, 1.54) is 17.7 Å². The van der Waals surface area contributed by atoms with Gasteiger partial charge in [-0.1, -0.05) is 0 Å². The summed E-state index contributed by atoms with van der Waals surface area (Å²) >= 11 is 1.52. The largest absolute Gasteiger partial charge is 0.354 e. The Kier molecular flexibility index (Phi) is 4.05. The van der Waals surface area contributed by atoms with E-state index in [0.717, 1.165) is 10.7 Å². The summed E-state index contributed by atoms with van der Waals surface area (Å²) in [6.45, 7) is 2.31. The number of nitrogen functional groups attached to an aromatic ring is 1. The predicted molar refractivity (Wildman–Crippen MR) is 75.5 cm³/mol. The fourth-order valence-corrected chi connectivity index (χ4v) is 2.33. The zero-order valence-electron chi connectivity index (χ0n) is 10.9. The lowest BCUT2D eigenvalue weighted by Gasteiger charge is -2.17. The van der Waals surface area contributed by atoms with Crippen molar-refractivity contribution in [3.8, 4) is 0 Å². The van der Waals surface area contributed by atoms with Crippen molar-refractivity contribution in [3.05, 3.63) is 32.5 Å². The Hall–Kier alpha value is -2.33. The van der Waals surface area contributed by atoms with Crippen molar-refractivity contribution < 1.29 is 4.92 Å². The summed E-state index contributed by atoms with van der Waals surface area (Å²) in [7, 11) is 1.70. The highest BCUT2D eigenvalue weighted by Crippen LogP contribution is 2.31. The number of aryl methyl sites for hydroxylation is 1. The molecule has 0 fully saturated rings. The van der Waals surface area contributed by atoms with Gasteiger partial charge in [0.15, 0.2) is 0 Å². The second-order valence-corrected chi connectivity index (χ2v) is 5.07. The average Bonchev–Trinajstić information content (AvgIpc) is 2.82. The van der Waals surface area contributed by atoms with Crippen LogP contribution in [0.2, 0.25) is 0 Å². The molecule has 106 valence electrons. The first kappa shape index (κ1) is 14.1. The average molecular weight is 295 g/mol. The van der Waals surface area contributed by atoms with Gasteiger partial charge in [-0.3, -0.25) is 10.1 Å². The van der Waals surface area contributed by atoms with Crippen molar-refractivity contribution >= 4 is 28.7 Å². The predicted octanol–water partition coefficient (Wildman–Crippen LogP) is 1.07. The first-order valence-electron chi connectivity index (χ1n) is 5.61. The molecular formula is C10H13N7O2S. The van der Waals surface area contributed by atoms with Crippen molar-refractivity contribution in [1.29, 1.82) is 0 Å². The van der Waals surface area contributed by atoms with E-state index >= 15 is 0 Å². The van der Waals surface area contributed by atoms with Crippen LogP contribution in [0.25, 0.3) is 0 Å². The molecule has 0 radical (unpaired) electrons. The van der Waals surface area contributed by atoms with Gasteiger partial charge in [-0.15, -0.1) is 11.3 Å². The van der Waals surface area contributed by atoms with Crippen LogP contribution in [0.4, 0.5) is 17.3 Å². The molecule has 0 saturated carbocycles. The van der Waals surface area contributed by atoms with Crippen molar-refractivity contribution in [3.63, 3.8) is 0 Å². The van der Waals surface area contributed by atoms with Crippen LogP contribution in [0.3, 0.4) is 0 Å². The normalized spacial score (nSPS) is 10.3. The second-order valence-electron chi connectivity index (χ2n) is 4.01. The van der Waals surface area contributed by atoms with Crippen LogP contribution in [0.1, 0.15) is 10.7 Å². The van der Waals surface area contributed by atoms with Crippen molar-refractivity contribution in [2.45, 2.75) is 13.5 Å². The lowest BCUT2D eigenvalue weighted by molar-refractivity contribution is -0.383. The van der Waals surface area contributed by atoms with Gasteiger partial charge in [-0.25, -0.2) is 20.8 Å². The second kappa shape index (κ2) is 5.75. The lowest BCUT2D eigenvalue weighted by Crippen LogP contribution is -2.21. The van der Waals surface area contributed by atoms with E-state index in [2.05, 4.69) is 20.4 Å². The number of nitrogens with zero attached hydrogens (tertiary/aromatic N) is 5. The molecule has 20 heavy (non-hydrogen) atoms. The van der Waals surface area contributed by atoms with E-state index in [1.807, 2.05) is 12.3 Å². The number of rotatable bonds is 5. The number of hydrogen-bond acceptors (Lipinski definition) is 9. The minimum Gasteiger partial charge on any atom is -0.348 e. The van der Waals surface area contributed by atoms with E-state index < -0.39 is 4.92 Å². The van der Waals surface area contributed by atoms with Crippen molar-refractivity contribution in [2.75, 3.05) is 17.4 Å². The minimum absolute atomic E-state index is 0.0266. The molecule has 2 heterocycles. The molecule has 0 unspecified atom stereocenters. The Morgan fingerprint density at radius 3 is 2.85 bits per heavy atom. The highest BCUT2D eigenvalue weighted by molar-refractivity contribution is 7.09. The fourth-order valence-electron chi connectivity index (χ4n) is 1.72. The molecule has 2 rings (SSSR count). The molecule has 0 amide bonds. The zero-order chi connectivity index (χ0) is 14.7. The van der Waals surface area contributed by atoms with E-state index in [0.29, 0.717) is 6.54 Å². The Morgan fingerprint density at radius 1 is 1.55 bits per heavy atom. The van der Waals surface area contributed by atoms with Crippen LogP contribution in [0, 0.1) is 17.0 Å². The summed E-state index contributed by atoms with van der Waals surface area (Å²) < 4.78 is 0. The third-order valence-electron chi connectivity index (χ3n) is 2.55. The Balaban J connectivity index is 2.34. The molecule has 3 N–H and O–H groups in total. The Labute approximate surface area is 118 Å². The van der Waals surface area contributed by atoms with Gasteiger partial charge in [0.2, 0.25) is 11.6 Å². The molecule has 0 aromatic carbocycles. The number of hydrazine groups is 1. The SMILES string of the molecule is Cc1nc(CN(C)c2ncnc(NN)c2[N+](=O)[O-])cs1. The van der Waals surface area contributed by atoms with Crippen LogP contribution in [-0.4, -0.2) is 26.9 Å². The topological polar surface area (TPSA) is 123 Å². The third kappa shape index (κ3) is 2.81. The van der Waals surface area contributed by atoms with Gasteiger partial charge in [0.05, 0.1) is 22.2 Å². The number of aromatic nitrogens is 3. The van der Waals surface area contributed by atoms with E-state index in [9.17, 15) is 10.1 Å². The molecule has 10 heteroatoms. The van der Waals surface area contributed by atoms with Crippen LogP contribution < -0.4 is 16.2 Å². The van der Waals surface area contributed by atoms with Gasteiger partial charge in [0.1, 0.15) is 6.33 Å². The van der Waals surface area contributed by atoms with Crippen LogP contribution in [0.15, 0.2) is 11.7 Å². The Morgan fingerprint density at radius 2 is 2.30 bits per heavy atom. The molecule has 0 saturated heterocycles. The molecule has 0 atom stereocenters. The maximum absolute atomic E-state index is 11.2. The lowest BCUT2D eigenvalue weighted by atomic mass is 10.3. The van der Waals surface area contributed by atoms with E-state index in [1.54, 1.807) is 11.9 Å². The maximum atomic E-state index is 11.2. The quantitative estimate of drug-likeness (QED) is 0.477. The molecule has 0 aliphatic rings. The van der Waals surface area contributed by atoms with Gasteiger partial charge < -0.3 is 10.3 Å². The number of nitrogens with two attached hydrogens (primary N) is 1. The van der Waals surface area contributed by atoms with E-state index in [4.69, 9.17) is 5.84 Å². The van der Waals surface area contributed by atoms with Gasteiger partial charge in [-0.05, 0) is 6.92 Å². The summed E-state index contributed by atoms with van der Waals surface area (Å²) in [6.07, 6.45) is 1.22. The first-order valence-corrected chi connectivity index (χ1v) is 6.49.